The van der Waals surface area contributed by atoms with Crippen LogP contribution in [0.5, 0.6) is 0 Å². The molecule has 2 amide bonds. The number of carbonyl (C=O) groups is 2. The average Bonchev–Trinajstić information content (AvgIpc) is 2.52. The first-order valence-electron chi connectivity index (χ1n) is 9.16. The van der Waals surface area contributed by atoms with Crippen molar-refractivity contribution in [1.82, 2.24) is 5.32 Å². The van der Waals surface area contributed by atoms with Gasteiger partial charge in [0.25, 0.3) is 0 Å². The third-order valence-corrected chi connectivity index (χ3v) is 6.33. The van der Waals surface area contributed by atoms with Crippen LogP contribution in [0.25, 0.3) is 0 Å². The fourth-order valence-electron chi connectivity index (χ4n) is 5.99. The number of methoxy groups -OCH3 is 1. The predicted molar refractivity (Wildman–Crippen MR) is 95.2 cm³/mol. The second kappa shape index (κ2) is 5.75. The van der Waals surface area contributed by atoms with Gasteiger partial charge in [-0.1, -0.05) is 12.1 Å². The molecular weight excluding hydrogens is 316 g/mol. The molecule has 1 aromatic carbocycles. The van der Waals surface area contributed by atoms with E-state index in [0.717, 1.165) is 36.9 Å². The number of benzene rings is 1. The third-order valence-electron chi connectivity index (χ3n) is 6.33. The molecule has 0 radical (unpaired) electrons. The molecule has 5 nitrogen and oxygen atoms in total. The van der Waals surface area contributed by atoms with E-state index in [0.29, 0.717) is 18.3 Å². The lowest BCUT2D eigenvalue weighted by molar-refractivity contribution is -0.171. The minimum atomic E-state index is -0.393. The number of amides is 2. The molecule has 0 spiro atoms. The van der Waals surface area contributed by atoms with Crippen LogP contribution in [0.4, 0.5) is 10.5 Å². The van der Waals surface area contributed by atoms with Crippen molar-refractivity contribution in [1.29, 1.82) is 0 Å². The van der Waals surface area contributed by atoms with Crippen molar-refractivity contribution in [2.45, 2.75) is 51.0 Å². The van der Waals surface area contributed by atoms with Gasteiger partial charge in [-0.25, -0.2) is 4.79 Å². The van der Waals surface area contributed by atoms with Crippen LogP contribution >= 0.6 is 0 Å². The first-order valence-corrected chi connectivity index (χ1v) is 9.16. The second-order valence-corrected chi connectivity index (χ2v) is 8.46. The topological polar surface area (TPSA) is 67.4 Å². The first-order chi connectivity index (χ1) is 11.9. The van der Waals surface area contributed by atoms with E-state index in [1.54, 1.807) is 0 Å². The van der Waals surface area contributed by atoms with E-state index >= 15 is 0 Å². The molecule has 0 aromatic heterocycles. The van der Waals surface area contributed by atoms with Crippen LogP contribution in [0.2, 0.25) is 0 Å². The lowest BCUT2D eigenvalue weighted by atomic mass is 9.47. The highest BCUT2D eigenvalue weighted by Gasteiger charge is 2.61. The molecule has 2 atom stereocenters. The molecule has 4 fully saturated rings. The highest BCUT2D eigenvalue weighted by atomic mass is 16.5. The van der Waals surface area contributed by atoms with Gasteiger partial charge < -0.3 is 15.4 Å². The molecule has 5 heteroatoms. The number of anilines is 1. The van der Waals surface area contributed by atoms with Gasteiger partial charge in [-0.2, -0.15) is 0 Å². The van der Waals surface area contributed by atoms with Crippen molar-refractivity contribution in [2.75, 3.05) is 12.4 Å². The summed E-state index contributed by atoms with van der Waals surface area (Å²) < 4.78 is 5.13. The summed E-state index contributed by atoms with van der Waals surface area (Å²) in [7, 11) is 1.48. The monoisotopic (exact) mass is 342 g/mol. The van der Waals surface area contributed by atoms with Crippen LogP contribution in [0.15, 0.2) is 24.3 Å². The Morgan fingerprint density at radius 2 is 1.88 bits per heavy atom. The van der Waals surface area contributed by atoms with Crippen LogP contribution in [0, 0.1) is 24.2 Å². The molecule has 4 saturated carbocycles. The molecule has 1 aromatic rings. The highest BCUT2D eigenvalue weighted by Crippen LogP contribution is 2.62. The molecule has 5 rings (SSSR count). The largest absolute Gasteiger partial charge is 0.469 e. The zero-order valence-electron chi connectivity index (χ0n) is 14.9. The van der Waals surface area contributed by atoms with Crippen LogP contribution in [-0.4, -0.2) is 24.6 Å². The van der Waals surface area contributed by atoms with E-state index < -0.39 is 5.41 Å². The molecule has 0 unspecified atom stereocenters. The smallest absolute Gasteiger partial charge is 0.319 e. The number of ether oxygens (including phenoxy) is 1. The van der Waals surface area contributed by atoms with Crippen LogP contribution in [0.1, 0.15) is 44.1 Å². The van der Waals surface area contributed by atoms with E-state index in [-0.39, 0.29) is 17.5 Å². The van der Waals surface area contributed by atoms with Gasteiger partial charge in [0.1, 0.15) is 0 Å². The molecule has 25 heavy (non-hydrogen) atoms. The maximum atomic E-state index is 12.6. The van der Waals surface area contributed by atoms with Gasteiger partial charge in [0.2, 0.25) is 0 Å². The zero-order valence-corrected chi connectivity index (χ0v) is 14.9. The molecule has 2 N–H and O–H groups in total. The molecule has 0 heterocycles. The Labute approximate surface area is 148 Å². The van der Waals surface area contributed by atoms with Gasteiger partial charge in [0.15, 0.2) is 0 Å². The van der Waals surface area contributed by atoms with Gasteiger partial charge in [-0.3, -0.25) is 4.79 Å². The lowest BCUT2D eigenvalue weighted by Gasteiger charge is -2.60. The van der Waals surface area contributed by atoms with Gasteiger partial charge >= 0.3 is 12.0 Å². The Balaban J connectivity index is 1.51. The normalized spacial score (nSPS) is 35.3. The molecule has 134 valence electrons. The number of urea groups is 1. The Kier molecular flexibility index (Phi) is 3.78. The lowest BCUT2D eigenvalue weighted by Crippen LogP contribution is -2.65. The summed E-state index contributed by atoms with van der Waals surface area (Å²) >= 11 is 0. The fourth-order valence-corrected chi connectivity index (χ4v) is 5.99. The number of aryl methyl sites for hydroxylation is 1. The summed E-state index contributed by atoms with van der Waals surface area (Å²) in [5.74, 6) is 0.936. The van der Waals surface area contributed by atoms with Crippen molar-refractivity contribution in [3.63, 3.8) is 0 Å². The average molecular weight is 342 g/mol. The number of rotatable bonds is 3. The predicted octanol–water partition coefficient (Wildman–Crippen LogP) is 3.63. The minimum absolute atomic E-state index is 0.0909. The highest BCUT2D eigenvalue weighted by molar-refractivity contribution is 5.90. The second-order valence-electron chi connectivity index (χ2n) is 8.46. The summed E-state index contributed by atoms with van der Waals surface area (Å²) in [5, 5.41) is 6.19. The van der Waals surface area contributed by atoms with Crippen molar-refractivity contribution in [3.8, 4) is 0 Å². The summed E-state index contributed by atoms with van der Waals surface area (Å²) in [5.41, 5.74) is 1.24. The van der Waals surface area contributed by atoms with E-state index in [1.165, 1.54) is 13.5 Å². The Bertz CT molecular complexity index is 701. The summed E-state index contributed by atoms with van der Waals surface area (Å²) in [6.45, 7) is 2.00. The molecule has 0 saturated heterocycles. The van der Waals surface area contributed by atoms with Crippen LogP contribution in [-0.2, 0) is 9.53 Å². The summed E-state index contributed by atoms with van der Waals surface area (Å²) in [4.78, 5) is 25.1. The Morgan fingerprint density at radius 3 is 2.52 bits per heavy atom. The first kappa shape index (κ1) is 16.4. The Morgan fingerprint density at radius 1 is 1.16 bits per heavy atom. The quantitative estimate of drug-likeness (QED) is 0.824. The van der Waals surface area contributed by atoms with Crippen molar-refractivity contribution in [3.05, 3.63) is 29.8 Å². The minimum Gasteiger partial charge on any atom is -0.469 e. The standard InChI is InChI=1S/C20H26N2O3/c1-13-4-3-5-16(6-13)21-18(24)22-20-10-14-7-15(11-20)9-19(8-14,12-20)17(23)25-2/h3-6,14-15H,7-12H2,1-2H3,(H2,21,22,24)/t14-,15-,19?,20?/m1/s1. The molecule has 4 aliphatic rings. The third kappa shape index (κ3) is 2.90. The van der Waals surface area contributed by atoms with Gasteiger partial charge in [0, 0.05) is 11.2 Å². The van der Waals surface area contributed by atoms with E-state index in [1.807, 2.05) is 31.2 Å². The number of hydrogen-bond acceptors (Lipinski definition) is 3. The number of esters is 1. The van der Waals surface area contributed by atoms with Crippen LogP contribution in [0.3, 0.4) is 0 Å². The number of carbonyl (C=O) groups excluding carboxylic acids is 2. The fraction of sp³-hybridized carbons (Fsp3) is 0.600. The Hall–Kier alpha value is -2.04. The van der Waals surface area contributed by atoms with Crippen molar-refractivity contribution < 1.29 is 14.3 Å². The maximum Gasteiger partial charge on any atom is 0.319 e. The molecule has 0 aliphatic heterocycles. The van der Waals surface area contributed by atoms with Crippen molar-refractivity contribution in [2.24, 2.45) is 17.3 Å². The van der Waals surface area contributed by atoms with E-state index in [2.05, 4.69) is 10.6 Å². The molecule has 4 aliphatic carbocycles. The van der Waals surface area contributed by atoms with Gasteiger partial charge in [-0.15, -0.1) is 0 Å². The molecular formula is C20H26N2O3. The SMILES string of the molecule is COC(=O)C12C[C@H]3C[C@@H](CC(NC(=O)Nc4cccc(C)c4)(C3)C1)C2. The van der Waals surface area contributed by atoms with Gasteiger partial charge in [-0.05, 0) is 75.0 Å². The van der Waals surface area contributed by atoms with E-state index in [9.17, 15) is 9.59 Å². The summed E-state index contributed by atoms with van der Waals surface area (Å²) in [6, 6.07) is 7.61. The van der Waals surface area contributed by atoms with Gasteiger partial charge in [0.05, 0.1) is 12.5 Å². The number of hydrogen-bond donors (Lipinski definition) is 2. The molecule has 4 bridgehead atoms. The number of nitrogens with one attached hydrogen (secondary N) is 2. The van der Waals surface area contributed by atoms with Crippen molar-refractivity contribution >= 4 is 17.7 Å². The summed E-state index contributed by atoms with van der Waals surface area (Å²) in [6.07, 6.45) is 5.67. The zero-order chi connectivity index (χ0) is 17.7. The van der Waals surface area contributed by atoms with E-state index in [4.69, 9.17) is 4.74 Å². The maximum absolute atomic E-state index is 12.6. The van der Waals surface area contributed by atoms with Crippen LogP contribution < -0.4 is 10.6 Å².